The van der Waals surface area contributed by atoms with E-state index < -0.39 is 17.9 Å². The molecule has 0 bridgehead atoms. The lowest BCUT2D eigenvalue weighted by Crippen LogP contribution is -2.55. The molecule has 1 saturated heterocycles. The van der Waals surface area contributed by atoms with Crippen LogP contribution in [0.5, 0.6) is 0 Å². The highest BCUT2D eigenvalue weighted by molar-refractivity contribution is 6.00. The molecule has 3 fully saturated rings. The number of halogens is 2. The van der Waals surface area contributed by atoms with Crippen LogP contribution in [0.25, 0.3) is 5.65 Å². The van der Waals surface area contributed by atoms with Gasteiger partial charge in [-0.2, -0.15) is 9.61 Å². The summed E-state index contributed by atoms with van der Waals surface area (Å²) in [5, 5.41) is 12.6. The van der Waals surface area contributed by atoms with Gasteiger partial charge in [0.1, 0.15) is 22.9 Å². The zero-order valence-electron chi connectivity index (χ0n) is 18.3. The summed E-state index contributed by atoms with van der Waals surface area (Å²) in [6, 6.07) is 4.06. The fourth-order valence-corrected chi connectivity index (χ4v) is 4.89. The fraction of sp³-hybridized carbons (Fsp3) is 0.455. The second-order valence-electron chi connectivity index (χ2n) is 9.01. The number of rotatable bonds is 6. The third-order valence-corrected chi connectivity index (χ3v) is 7.02. The number of nitrogens with one attached hydrogen (secondary N) is 3. The van der Waals surface area contributed by atoms with Crippen LogP contribution in [0.15, 0.2) is 35.4 Å². The van der Waals surface area contributed by atoms with Crippen molar-refractivity contribution in [1.82, 2.24) is 24.5 Å². The third-order valence-electron chi connectivity index (χ3n) is 7.02. The van der Waals surface area contributed by atoms with Crippen molar-refractivity contribution in [2.75, 3.05) is 30.9 Å². The number of hydrogen-bond acceptors (Lipinski definition) is 7. The molecular weight excluding hydrogens is 448 g/mol. The van der Waals surface area contributed by atoms with E-state index in [1.165, 1.54) is 10.7 Å². The summed E-state index contributed by atoms with van der Waals surface area (Å²) in [7, 11) is 1.68. The van der Waals surface area contributed by atoms with Crippen LogP contribution in [-0.2, 0) is 4.74 Å². The van der Waals surface area contributed by atoms with Crippen LogP contribution in [-0.4, -0.2) is 57.3 Å². The highest BCUT2D eigenvalue weighted by Crippen LogP contribution is 2.53. The first-order chi connectivity index (χ1) is 16.4. The fourth-order valence-electron chi connectivity index (χ4n) is 4.89. The molecule has 3 aromatic heterocycles. The average Bonchev–Trinajstić information content (AvgIpc) is 3.15. The maximum absolute atomic E-state index is 13.6. The first kappa shape index (κ1) is 21.0. The Hall–Kier alpha value is -3.54. The summed E-state index contributed by atoms with van der Waals surface area (Å²) in [5.74, 6) is -2.02. The van der Waals surface area contributed by atoms with Crippen LogP contribution >= 0.6 is 0 Å². The Morgan fingerprint density at radius 2 is 2.09 bits per heavy atom. The van der Waals surface area contributed by atoms with Gasteiger partial charge >= 0.3 is 0 Å². The van der Waals surface area contributed by atoms with Crippen molar-refractivity contribution >= 4 is 28.9 Å². The first-order valence-electron chi connectivity index (χ1n) is 11.2. The van der Waals surface area contributed by atoms with Gasteiger partial charge in [-0.25, -0.2) is 13.8 Å². The Kier molecular flexibility index (Phi) is 4.63. The lowest BCUT2D eigenvalue weighted by Gasteiger charge is -2.36. The number of amides is 1. The quantitative estimate of drug-likeness (QED) is 0.504. The molecule has 4 atom stereocenters. The average molecular weight is 471 g/mol. The molecule has 1 unspecified atom stereocenters. The normalized spacial score (nSPS) is 26.6. The van der Waals surface area contributed by atoms with Gasteiger partial charge in [0.05, 0.1) is 25.5 Å². The Balaban J connectivity index is 1.31. The van der Waals surface area contributed by atoms with E-state index in [9.17, 15) is 18.4 Å². The van der Waals surface area contributed by atoms with E-state index in [1.807, 2.05) is 0 Å². The van der Waals surface area contributed by atoms with Crippen LogP contribution in [0.1, 0.15) is 29.2 Å². The molecule has 4 heterocycles. The molecule has 3 N–H and O–H groups in total. The Morgan fingerprint density at radius 3 is 2.76 bits per heavy atom. The molecule has 6 rings (SSSR count). The summed E-state index contributed by atoms with van der Waals surface area (Å²) < 4.78 is 35.9. The molecule has 0 radical (unpaired) electrons. The number of anilines is 3. The Morgan fingerprint density at radius 1 is 1.29 bits per heavy atom. The Bertz CT molecular complexity index is 1340. The molecular formula is C22H23F2N7O3. The summed E-state index contributed by atoms with van der Waals surface area (Å²) in [6.07, 6.45) is 3.05. The predicted molar refractivity (Wildman–Crippen MR) is 119 cm³/mol. The minimum absolute atomic E-state index is 0.0686. The zero-order valence-corrected chi connectivity index (χ0v) is 18.3. The maximum atomic E-state index is 13.6. The van der Waals surface area contributed by atoms with Gasteiger partial charge in [0.2, 0.25) is 0 Å². The Labute approximate surface area is 192 Å². The summed E-state index contributed by atoms with van der Waals surface area (Å²) in [4.78, 5) is 30.3. The highest BCUT2D eigenvalue weighted by atomic mass is 19.3. The molecule has 0 aromatic carbocycles. The van der Waals surface area contributed by atoms with E-state index in [-0.39, 0.29) is 35.7 Å². The molecule has 178 valence electrons. The second kappa shape index (κ2) is 7.49. The number of alkyl halides is 2. The van der Waals surface area contributed by atoms with Crippen LogP contribution in [0.4, 0.5) is 26.1 Å². The molecule has 1 aliphatic heterocycles. The van der Waals surface area contributed by atoms with E-state index in [1.54, 1.807) is 36.0 Å². The topological polar surface area (TPSA) is 115 Å². The van der Waals surface area contributed by atoms with E-state index in [0.717, 1.165) is 0 Å². The number of ether oxygens (including phenoxy) is 1. The first-order valence-corrected chi connectivity index (χ1v) is 11.2. The van der Waals surface area contributed by atoms with Crippen molar-refractivity contribution in [3.8, 4) is 0 Å². The SMILES string of the molecule is CNc1cc(Nc2cccn([C@H]3[C@@H]4COC[C@@H]43)c2=O)nc2c(C(=O)NC3CCC3(F)F)cnn12. The van der Waals surface area contributed by atoms with Gasteiger partial charge in [-0.15, -0.1) is 0 Å². The number of aromatic nitrogens is 4. The minimum Gasteiger partial charge on any atom is -0.381 e. The smallest absolute Gasteiger partial charge is 0.274 e. The van der Waals surface area contributed by atoms with Crippen LogP contribution in [0.2, 0.25) is 0 Å². The number of hydrogen-bond donors (Lipinski definition) is 3. The number of carbonyl (C=O) groups is 1. The highest BCUT2D eigenvalue weighted by Gasteiger charge is 2.55. The van der Waals surface area contributed by atoms with Gasteiger partial charge in [-0.05, 0) is 18.6 Å². The van der Waals surface area contributed by atoms with E-state index in [0.29, 0.717) is 42.4 Å². The second-order valence-corrected chi connectivity index (χ2v) is 9.01. The van der Waals surface area contributed by atoms with Crippen LogP contribution in [0.3, 0.4) is 0 Å². The summed E-state index contributed by atoms with van der Waals surface area (Å²) >= 11 is 0. The van der Waals surface area contributed by atoms with E-state index in [4.69, 9.17) is 4.74 Å². The van der Waals surface area contributed by atoms with Crippen LogP contribution < -0.4 is 21.5 Å². The molecule has 3 aromatic rings. The maximum Gasteiger partial charge on any atom is 0.274 e. The largest absolute Gasteiger partial charge is 0.381 e. The summed E-state index contributed by atoms with van der Waals surface area (Å²) in [6.45, 7) is 1.34. The molecule has 2 aliphatic carbocycles. The van der Waals surface area contributed by atoms with Crippen molar-refractivity contribution in [2.24, 2.45) is 11.8 Å². The molecule has 12 heteroatoms. The van der Waals surface area contributed by atoms with E-state index >= 15 is 0 Å². The standard InChI is InChI=1S/C22H23F2N7O3/c1-25-17-7-16(27-14-3-2-6-30(21(14)33)18-12-9-34-10-13(12)18)29-19-11(8-26-31(17)19)20(32)28-15-4-5-22(15,23)24/h2-3,6-8,12-13,15,18,25H,4-5,9-10H2,1H3,(H,27,29)(H,28,32)/t12-,13+,15?,18+. The molecule has 3 aliphatic rings. The van der Waals surface area contributed by atoms with Gasteiger partial charge < -0.3 is 25.3 Å². The van der Waals surface area contributed by atoms with Crippen molar-refractivity contribution in [1.29, 1.82) is 0 Å². The van der Waals surface area contributed by atoms with Gasteiger partial charge in [-0.1, -0.05) is 0 Å². The number of fused-ring (bicyclic) bond motifs is 2. The zero-order chi connectivity index (χ0) is 23.6. The molecule has 1 amide bonds. The van der Waals surface area contributed by atoms with Crippen LogP contribution in [0, 0.1) is 11.8 Å². The van der Waals surface area contributed by atoms with Gasteiger partial charge in [-0.3, -0.25) is 9.59 Å². The number of carbonyl (C=O) groups excluding carboxylic acids is 1. The minimum atomic E-state index is -2.91. The van der Waals surface area contributed by atoms with Crippen molar-refractivity contribution in [2.45, 2.75) is 30.8 Å². The lowest BCUT2D eigenvalue weighted by molar-refractivity contribution is -0.102. The molecule has 2 saturated carbocycles. The molecule has 10 nitrogen and oxygen atoms in total. The lowest BCUT2D eigenvalue weighted by atomic mass is 9.88. The third kappa shape index (κ3) is 3.23. The van der Waals surface area contributed by atoms with Crippen molar-refractivity contribution in [3.63, 3.8) is 0 Å². The van der Waals surface area contributed by atoms with Gasteiger partial charge in [0, 0.05) is 43.6 Å². The van der Waals surface area contributed by atoms with Crippen molar-refractivity contribution in [3.05, 3.63) is 46.5 Å². The monoisotopic (exact) mass is 471 g/mol. The number of nitrogens with zero attached hydrogens (tertiary/aromatic N) is 4. The van der Waals surface area contributed by atoms with E-state index in [2.05, 4.69) is 26.0 Å². The van der Waals surface area contributed by atoms with Crippen molar-refractivity contribution < 1.29 is 18.3 Å². The predicted octanol–water partition coefficient (Wildman–Crippen LogP) is 2.02. The number of pyridine rings is 1. The van der Waals surface area contributed by atoms with Gasteiger partial charge in [0.25, 0.3) is 17.4 Å². The molecule has 0 spiro atoms. The van der Waals surface area contributed by atoms with Gasteiger partial charge in [0.15, 0.2) is 5.65 Å². The molecule has 34 heavy (non-hydrogen) atoms. The summed E-state index contributed by atoms with van der Waals surface area (Å²) in [5.41, 5.74) is 0.416.